The van der Waals surface area contributed by atoms with Crippen LogP contribution in [0.15, 0.2) is 18.2 Å². The first-order chi connectivity index (χ1) is 9.70. The number of nitrogens with one attached hydrogen (secondary N) is 1. The SMILES string of the molecule is CCNC(CCCC1CCCO1)c1ccc(Cl)c(Cl)c1. The molecule has 1 aromatic rings. The fraction of sp³-hybridized carbons (Fsp3) is 0.625. The summed E-state index contributed by atoms with van der Waals surface area (Å²) in [5.74, 6) is 0. The maximum absolute atomic E-state index is 6.12. The maximum atomic E-state index is 6.12. The van der Waals surface area contributed by atoms with Crippen molar-refractivity contribution in [1.82, 2.24) is 5.32 Å². The van der Waals surface area contributed by atoms with Gasteiger partial charge in [-0.1, -0.05) is 36.2 Å². The molecular formula is C16H23Cl2NO. The molecule has 1 heterocycles. The molecule has 2 unspecified atom stereocenters. The van der Waals surface area contributed by atoms with E-state index in [1.807, 2.05) is 12.1 Å². The summed E-state index contributed by atoms with van der Waals surface area (Å²) in [5, 5.41) is 4.77. The molecule has 1 aromatic carbocycles. The second-order valence-corrected chi connectivity index (χ2v) is 6.16. The first-order valence-corrected chi connectivity index (χ1v) is 8.26. The number of halogens is 2. The second kappa shape index (κ2) is 8.23. The van der Waals surface area contributed by atoms with Crippen LogP contribution >= 0.6 is 23.2 Å². The molecule has 112 valence electrons. The van der Waals surface area contributed by atoms with Crippen molar-refractivity contribution in [2.45, 2.75) is 51.2 Å². The number of ether oxygens (including phenoxy) is 1. The van der Waals surface area contributed by atoms with E-state index < -0.39 is 0 Å². The summed E-state index contributed by atoms with van der Waals surface area (Å²) in [6.07, 6.45) is 6.34. The zero-order valence-corrected chi connectivity index (χ0v) is 13.5. The average Bonchev–Trinajstić information content (AvgIpc) is 2.94. The van der Waals surface area contributed by atoms with Crippen LogP contribution in [-0.4, -0.2) is 19.3 Å². The third-order valence-corrected chi connectivity index (χ3v) is 4.58. The number of hydrogen-bond acceptors (Lipinski definition) is 2. The Kier molecular flexibility index (Phi) is 6.63. The molecule has 2 rings (SSSR count). The molecule has 0 amide bonds. The Morgan fingerprint density at radius 1 is 1.35 bits per heavy atom. The third kappa shape index (κ3) is 4.63. The van der Waals surface area contributed by atoms with E-state index in [4.69, 9.17) is 27.9 Å². The van der Waals surface area contributed by atoms with Crippen LogP contribution in [0, 0.1) is 0 Å². The van der Waals surface area contributed by atoms with Gasteiger partial charge in [0.1, 0.15) is 0 Å². The molecule has 20 heavy (non-hydrogen) atoms. The van der Waals surface area contributed by atoms with E-state index in [0.717, 1.165) is 26.0 Å². The van der Waals surface area contributed by atoms with E-state index in [-0.39, 0.29) is 0 Å². The van der Waals surface area contributed by atoms with E-state index >= 15 is 0 Å². The standard InChI is InChI=1S/C16H23Cl2NO/c1-2-19-16(7-3-5-13-6-4-10-20-13)12-8-9-14(17)15(18)11-12/h8-9,11,13,16,19H,2-7,10H2,1H3. The van der Waals surface area contributed by atoms with Gasteiger partial charge < -0.3 is 10.1 Å². The van der Waals surface area contributed by atoms with Crippen molar-refractivity contribution in [3.8, 4) is 0 Å². The molecule has 1 saturated heterocycles. The van der Waals surface area contributed by atoms with E-state index in [0.29, 0.717) is 22.2 Å². The molecule has 0 aromatic heterocycles. The summed E-state index contributed by atoms with van der Waals surface area (Å²) in [4.78, 5) is 0. The van der Waals surface area contributed by atoms with Crippen molar-refractivity contribution < 1.29 is 4.74 Å². The van der Waals surface area contributed by atoms with Crippen LogP contribution in [0.3, 0.4) is 0 Å². The minimum absolute atomic E-state index is 0.344. The summed E-state index contributed by atoms with van der Waals surface area (Å²) in [5.41, 5.74) is 1.22. The highest BCUT2D eigenvalue weighted by Gasteiger charge is 2.17. The van der Waals surface area contributed by atoms with E-state index in [9.17, 15) is 0 Å². The molecule has 1 fully saturated rings. The Labute approximate surface area is 131 Å². The highest BCUT2D eigenvalue weighted by Crippen LogP contribution is 2.28. The van der Waals surface area contributed by atoms with Crippen LogP contribution in [0.4, 0.5) is 0 Å². The summed E-state index contributed by atoms with van der Waals surface area (Å²) in [6, 6.07) is 6.26. The molecular weight excluding hydrogens is 293 g/mol. The Balaban J connectivity index is 1.89. The molecule has 0 saturated carbocycles. The minimum atomic E-state index is 0.344. The second-order valence-electron chi connectivity index (χ2n) is 5.35. The van der Waals surface area contributed by atoms with Crippen molar-refractivity contribution in [3.63, 3.8) is 0 Å². The van der Waals surface area contributed by atoms with Crippen molar-refractivity contribution >= 4 is 23.2 Å². The lowest BCUT2D eigenvalue weighted by molar-refractivity contribution is 0.101. The van der Waals surface area contributed by atoms with Crippen LogP contribution < -0.4 is 5.32 Å². The van der Waals surface area contributed by atoms with Crippen LogP contribution in [0.2, 0.25) is 10.0 Å². The predicted molar refractivity (Wildman–Crippen MR) is 85.7 cm³/mol. The summed E-state index contributed by atoms with van der Waals surface area (Å²) >= 11 is 12.1. The maximum Gasteiger partial charge on any atom is 0.0595 e. The number of benzene rings is 1. The van der Waals surface area contributed by atoms with Crippen LogP contribution in [-0.2, 0) is 4.74 Å². The Bertz CT molecular complexity index is 419. The summed E-state index contributed by atoms with van der Waals surface area (Å²) in [7, 11) is 0. The molecule has 1 aliphatic heterocycles. The van der Waals surface area contributed by atoms with Crippen molar-refractivity contribution in [1.29, 1.82) is 0 Å². The average molecular weight is 316 g/mol. The molecule has 0 radical (unpaired) electrons. The van der Waals surface area contributed by atoms with Crippen LogP contribution in [0.25, 0.3) is 0 Å². The quantitative estimate of drug-likeness (QED) is 0.765. The highest BCUT2D eigenvalue weighted by atomic mass is 35.5. The Morgan fingerprint density at radius 2 is 2.20 bits per heavy atom. The molecule has 1 N–H and O–H groups in total. The van der Waals surface area contributed by atoms with Gasteiger partial charge in [0.15, 0.2) is 0 Å². The molecule has 2 atom stereocenters. The van der Waals surface area contributed by atoms with Crippen molar-refractivity contribution in [2.24, 2.45) is 0 Å². The van der Waals surface area contributed by atoms with Gasteiger partial charge in [0, 0.05) is 12.6 Å². The molecule has 0 spiro atoms. The van der Waals surface area contributed by atoms with Gasteiger partial charge in [0.05, 0.1) is 16.1 Å². The first-order valence-electron chi connectivity index (χ1n) is 7.50. The van der Waals surface area contributed by atoms with Gasteiger partial charge in [0.2, 0.25) is 0 Å². The molecule has 0 aliphatic carbocycles. The van der Waals surface area contributed by atoms with Gasteiger partial charge >= 0.3 is 0 Å². The lowest BCUT2D eigenvalue weighted by Crippen LogP contribution is -2.21. The van der Waals surface area contributed by atoms with Gasteiger partial charge in [-0.3, -0.25) is 0 Å². The van der Waals surface area contributed by atoms with Crippen molar-refractivity contribution in [3.05, 3.63) is 33.8 Å². The van der Waals surface area contributed by atoms with Crippen molar-refractivity contribution in [2.75, 3.05) is 13.2 Å². The smallest absolute Gasteiger partial charge is 0.0595 e. The number of hydrogen-bond donors (Lipinski definition) is 1. The monoisotopic (exact) mass is 315 g/mol. The molecule has 2 nitrogen and oxygen atoms in total. The Hall–Kier alpha value is -0.280. The molecule has 4 heteroatoms. The van der Waals surface area contributed by atoms with Crippen LogP contribution in [0.1, 0.15) is 50.6 Å². The zero-order valence-electron chi connectivity index (χ0n) is 12.0. The van der Waals surface area contributed by atoms with Crippen LogP contribution in [0.5, 0.6) is 0 Å². The Morgan fingerprint density at radius 3 is 2.85 bits per heavy atom. The molecule has 0 bridgehead atoms. The first kappa shape index (κ1) is 16.1. The summed E-state index contributed by atoms with van der Waals surface area (Å²) < 4.78 is 5.68. The third-order valence-electron chi connectivity index (χ3n) is 3.84. The topological polar surface area (TPSA) is 21.3 Å². The van der Waals surface area contributed by atoms with E-state index in [1.54, 1.807) is 0 Å². The molecule has 1 aliphatic rings. The lowest BCUT2D eigenvalue weighted by Gasteiger charge is -2.19. The predicted octanol–water partition coefficient (Wildman–Crippen LogP) is 4.99. The van der Waals surface area contributed by atoms with E-state index in [2.05, 4.69) is 18.3 Å². The van der Waals surface area contributed by atoms with Gasteiger partial charge in [0.25, 0.3) is 0 Å². The largest absolute Gasteiger partial charge is 0.378 e. The fourth-order valence-electron chi connectivity index (χ4n) is 2.78. The van der Waals surface area contributed by atoms with Gasteiger partial charge in [-0.05, 0) is 56.3 Å². The fourth-order valence-corrected chi connectivity index (χ4v) is 3.09. The highest BCUT2D eigenvalue weighted by molar-refractivity contribution is 6.42. The van der Waals surface area contributed by atoms with Gasteiger partial charge in [-0.2, -0.15) is 0 Å². The van der Waals surface area contributed by atoms with E-state index in [1.165, 1.54) is 24.8 Å². The normalized spacial score (nSPS) is 20.2. The number of rotatable bonds is 7. The minimum Gasteiger partial charge on any atom is -0.378 e. The zero-order chi connectivity index (χ0) is 14.4. The van der Waals surface area contributed by atoms with Gasteiger partial charge in [-0.25, -0.2) is 0 Å². The lowest BCUT2D eigenvalue weighted by atomic mass is 9.99. The summed E-state index contributed by atoms with van der Waals surface area (Å²) in [6.45, 7) is 4.02. The van der Waals surface area contributed by atoms with Gasteiger partial charge in [-0.15, -0.1) is 0 Å².